The van der Waals surface area contributed by atoms with Gasteiger partial charge < -0.3 is 4.98 Å². The first-order chi connectivity index (χ1) is 8.78. The molecule has 2 aromatic rings. The Morgan fingerprint density at radius 1 is 1.33 bits per heavy atom. The second kappa shape index (κ2) is 5.63. The zero-order chi connectivity index (χ0) is 13.0. The molecule has 3 heteroatoms. The minimum atomic E-state index is 0.584. The lowest BCUT2D eigenvalue weighted by molar-refractivity contribution is 0.112. The van der Waals surface area contributed by atoms with Crippen LogP contribution in [0.1, 0.15) is 48.5 Å². The average Bonchev–Trinajstić information content (AvgIpc) is 2.90. The highest BCUT2D eigenvalue weighted by atomic mass is 16.1. The third-order valence-corrected chi connectivity index (χ3v) is 3.36. The summed E-state index contributed by atoms with van der Waals surface area (Å²) in [6.45, 7) is 4.40. The molecule has 2 heterocycles. The largest absolute Gasteiger partial charge is 0.359 e. The van der Waals surface area contributed by atoms with Crippen LogP contribution in [0.25, 0.3) is 11.4 Å². The third kappa shape index (κ3) is 2.50. The van der Waals surface area contributed by atoms with Gasteiger partial charge in [0.25, 0.3) is 0 Å². The molecule has 2 aromatic heterocycles. The minimum absolute atomic E-state index is 0.584. The van der Waals surface area contributed by atoms with Gasteiger partial charge in [0.1, 0.15) is 0 Å². The second-order valence-corrected chi connectivity index (χ2v) is 4.45. The van der Waals surface area contributed by atoms with Gasteiger partial charge in [-0.2, -0.15) is 0 Å². The normalized spacial score (nSPS) is 10.8. The van der Waals surface area contributed by atoms with E-state index >= 15 is 0 Å². The van der Waals surface area contributed by atoms with Crippen molar-refractivity contribution in [1.82, 2.24) is 9.97 Å². The van der Waals surface area contributed by atoms with E-state index in [0.29, 0.717) is 11.5 Å². The standard InChI is InChI=1S/C15H18N2O/c1-3-12(4-2)13-5-6-14(17-9-13)15-7-11(10-18)8-16-15/h5-10,12,16H,3-4H2,1-2H3. The van der Waals surface area contributed by atoms with Gasteiger partial charge >= 0.3 is 0 Å². The first-order valence-electron chi connectivity index (χ1n) is 6.38. The molecule has 0 saturated heterocycles. The maximum absolute atomic E-state index is 10.6. The maximum Gasteiger partial charge on any atom is 0.151 e. The molecule has 0 aliphatic carbocycles. The monoisotopic (exact) mass is 242 g/mol. The van der Waals surface area contributed by atoms with Crippen molar-refractivity contribution in [2.45, 2.75) is 32.6 Å². The summed E-state index contributed by atoms with van der Waals surface area (Å²) in [7, 11) is 0. The molecule has 18 heavy (non-hydrogen) atoms. The molecular formula is C15H18N2O. The summed E-state index contributed by atoms with van der Waals surface area (Å²) in [5.41, 5.74) is 3.69. The number of hydrogen-bond donors (Lipinski definition) is 1. The van der Waals surface area contributed by atoms with E-state index in [0.717, 1.165) is 30.5 Å². The van der Waals surface area contributed by atoms with Crippen LogP contribution >= 0.6 is 0 Å². The van der Waals surface area contributed by atoms with Gasteiger partial charge in [0.2, 0.25) is 0 Å². The number of rotatable bonds is 5. The van der Waals surface area contributed by atoms with Crippen LogP contribution in [0.4, 0.5) is 0 Å². The molecule has 3 nitrogen and oxygen atoms in total. The van der Waals surface area contributed by atoms with Crippen molar-refractivity contribution < 1.29 is 4.79 Å². The molecule has 0 unspecified atom stereocenters. The van der Waals surface area contributed by atoms with Gasteiger partial charge in [-0.05, 0) is 36.5 Å². The number of aromatic amines is 1. The first-order valence-corrected chi connectivity index (χ1v) is 6.38. The highest BCUT2D eigenvalue weighted by Crippen LogP contribution is 2.24. The number of pyridine rings is 1. The third-order valence-electron chi connectivity index (χ3n) is 3.36. The predicted molar refractivity (Wildman–Crippen MR) is 72.7 cm³/mol. The summed E-state index contributed by atoms with van der Waals surface area (Å²) in [5.74, 6) is 0.584. The Balaban J connectivity index is 2.24. The highest BCUT2D eigenvalue weighted by Gasteiger charge is 2.08. The summed E-state index contributed by atoms with van der Waals surface area (Å²) in [6, 6.07) is 5.95. The molecule has 1 N–H and O–H groups in total. The SMILES string of the molecule is CCC(CC)c1ccc(-c2cc(C=O)c[nH]2)nc1. The van der Waals surface area contributed by atoms with Crippen LogP contribution in [0.3, 0.4) is 0 Å². The van der Waals surface area contributed by atoms with Gasteiger partial charge in [0.05, 0.1) is 11.4 Å². The topological polar surface area (TPSA) is 45.8 Å². The molecule has 0 saturated carbocycles. The summed E-state index contributed by atoms with van der Waals surface area (Å²) in [6.07, 6.45) is 6.73. The molecule has 0 fully saturated rings. The van der Waals surface area contributed by atoms with Gasteiger partial charge in [-0.3, -0.25) is 9.78 Å². The van der Waals surface area contributed by atoms with Crippen LogP contribution in [0.5, 0.6) is 0 Å². The Morgan fingerprint density at radius 2 is 2.11 bits per heavy atom. The van der Waals surface area contributed by atoms with Crippen LogP contribution in [0.15, 0.2) is 30.6 Å². The number of aldehydes is 1. The van der Waals surface area contributed by atoms with Gasteiger partial charge in [0, 0.05) is 18.0 Å². The molecular weight excluding hydrogens is 224 g/mol. The number of carbonyl (C=O) groups is 1. The molecule has 0 spiro atoms. The highest BCUT2D eigenvalue weighted by molar-refractivity contribution is 5.77. The Morgan fingerprint density at radius 3 is 2.61 bits per heavy atom. The molecule has 0 atom stereocenters. The van der Waals surface area contributed by atoms with E-state index in [-0.39, 0.29) is 0 Å². The molecule has 0 aliphatic heterocycles. The quantitative estimate of drug-likeness (QED) is 0.811. The van der Waals surface area contributed by atoms with E-state index in [1.807, 2.05) is 18.3 Å². The van der Waals surface area contributed by atoms with Crippen molar-refractivity contribution in [2.75, 3.05) is 0 Å². The molecule has 0 radical (unpaired) electrons. The Bertz CT molecular complexity index is 510. The Hall–Kier alpha value is -1.90. The van der Waals surface area contributed by atoms with Crippen LogP contribution in [-0.2, 0) is 0 Å². The van der Waals surface area contributed by atoms with Gasteiger partial charge in [-0.15, -0.1) is 0 Å². The van der Waals surface area contributed by atoms with E-state index in [4.69, 9.17) is 0 Å². The van der Waals surface area contributed by atoms with Crippen molar-refractivity contribution >= 4 is 6.29 Å². The molecule has 0 bridgehead atoms. The smallest absolute Gasteiger partial charge is 0.151 e. The fraction of sp³-hybridized carbons (Fsp3) is 0.333. The van der Waals surface area contributed by atoms with Crippen LogP contribution in [0.2, 0.25) is 0 Å². The number of nitrogens with one attached hydrogen (secondary N) is 1. The van der Waals surface area contributed by atoms with Crippen LogP contribution in [-0.4, -0.2) is 16.3 Å². The Labute approximate surface area is 107 Å². The average molecular weight is 242 g/mol. The van der Waals surface area contributed by atoms with Crippen molar-refractivity contribution in [3.05, 3.63) is 41.7 Å². The van der Waals surface area contributed by atoms with Crippen molar-refractivity contribution in [1.29, 1.82) is 0 Å². The van der Waals surface area contributed by atoms with E-state index < -0.39 is 0 Å². The van der Waals surface area contributed by atoms with Crippen molar-refractivity contribution in [2.24, 2.45) is 0 Å². The predicted octanol–water partition coefficient (Wildman–Crippen LogP) is 3.79. The second-order valence-electron chi connectivity index (χ2n) is 4.45. The lowest BCUT2D eigenvalue weighted by atomic mass is 9.95. The molecule has 0 amide bonds. The number of carbonyl (C=O) groups excluding carboxylic acids is 1. The summed E-state index contributed by atoms with van der Waals surface area (Å²) < 4.78 is 0. The molecule has 2 rings (SSSR count). The molecule has 0 aromatic carbocycles. The number of H-pyrrole nitrogens is 1. The van der Waals surface area contributed by atoms with E-state index in [1.165, 1.54) is 5.56 Å². The van der Waals surface area contributed by atoms with E-state index in [9.17, 15) is 4.79 Å². The first kappa shape index (κ1) is 12.6. The summed E-state index contributed by atoms with van der Waals surface area (Å²) in [5, 5.41) is 0. The summed E-state index contributed by atoms with van der Waals surface area (Å²) in [4.78, 5) is 18.2. The molecule has 94 valence electrons. The minimum Gasteiger partial charge on any atom is -0.359 e. The van der Waals surface area contributed by atoms with Gasteiger partial charge in [-0.25, -0.2) is 0 Å². The number of nitrogens with zero attached hydrogens (tertiary/aromatic N) is 1. The maximum atomic E-state index is 10.6. The van der Waals surface area contributed by atoms with E-state index in [1.54, 1.807) is 6.20 Å². The van der Waals surface area contributed by atoms with Gasteiger partial charge in [0.15, 0.2) is 6.29 Å². The number of hydrogen-bond acceptors (Lipinski definition) is 2. The van der Waals surface area contributed by atoms with Crippen molar-refractivity contribution in [3.8, 4) is 11.4 Å². The lowest BCUT2D eigenvalue weighted by Gasteiger charge is -2.12. The fourth-order valence-electron chi connectivity index (χ4n) is 2.19. The fourth-order valence-corrected chi connectivity index (χ4v) is 2.19. The Kier molecular flexibility index (Phi) is 3.92. The zero-order valence-electron chi connectivity index (χ0n) is 10.8. The van der Waals surface area contributed by atoms with Crippen molar-refractivity contribution in [3.63, 3.8) is 0 Å². The van der Waals surface area contributed by atoms with Crippen LogP contribution in [0, 0.1) is 0 Å². The number of aromatic nitrogens is 2. The summed E-state index contributed by atoms with van der Waals surface area (Å²) >= 11 is 0. The molecule has 0 aliphatic rings. The van der Waals surface area contributed by atoms with Gasteiger partial charge in [-0.1, -0.05) is 19.9 Å². The lowest BCUT2D eigenvalue weighted by Crippen LogP contribution is -1.96. The van der Waals surface area contributed by atoms with Crippen LogP contribution < -0.4 is 0 Å². The van der Waals surface area contributed by atoms with E-state index in [2.05, 4.69) is 29.9 Å². The zero-order valence-corrected chi connectivity index (χ0v) is 10.8.